The first kappa shape index (κ1) is 27.0. The first-order chi connectivity index (χ1) is 19.6. The Bertz CT molecular complexity index is 1580. The molecule has 1 aliphatic heterocycles. The monoisotopic (exact) mass is 548 g/mol. The molecule has 0 saturated heterocycles. The van der Waals surface area contributed by atoms with Gasteiger partial charge in [0.15, 0.2) is 11.5 Å². The van der Waals surface area contributed by atoms with Gasteiger partial charge in [-0.3, -0.25) is 4.79 Å². The average molecular weight is 549 g/mol. The number of amides is 1. The third-order valence-electron chi connectivity index (χ3n) is 6.38. The summed E-state index contributed by atoms with van der Waals surface area (Å²) in [5.74, 6) is 1.01. The van der Waals surface area contributed by atoms with E-state index in [0.717, 1.165) is 22.3 Å². The highest BCUT2D eigenvalue weighted by Crippen LogP contribution is 2.37. The smallest absolute Gasteiger partial charge is 0.281 e. The first-order valence-corrected chi connectivity index (χ1v) is 13.5. The van der Waals surface area contributed by atoms with Gasteiger partial charge in [0.05, 0.1) is 17.9 Å². The van der Waals surface area contributed by atoms with Gasteiger partial charge in [-0.2, -0.15) is 10.1 Å². The molecule has 6 heteroatoms. The molecule has 0 bridgehead atoms. The van der Waals surface area contributed by atoms with Gasteiger partial charge in [-0.15, -0.1) is 6.58 Å². The normalized spacial score (nSPS) is 13.8. The summed E-state index contributed by atoms with van der Waals surface area (Å²) < 4.78 is 12.3. The van der Waals surface area contributed by atoms with E-state index in [4.69, 9.17) is 26.2 Å². The quantitative estimate of drug-likeness (QED) is 0.150. The molecule has 0 N–H and O–H groups in total. The minimum atomic E-state index is -0.202. The molecule has 1 aliphatic rings. The Labute approximate surface area is 239 Å². The molecule has 0 fully saturated rings. The van der Waals surface area contributed by atoms with E-state index in [-0.39, 0.29) is 5.91 Å². The molecule has 1 heterocycles. The Morgan fingerprint density at radius 2 is 1.60 bits per heavy atom. The van der Waals surface area contributed by atoms with Crippen molar-refractivity contribution in [2.45, 2.75) is 20.0 Å². The predicted molar refractivity (Wildman–Crippen MR) is 162 cm³/mol. The van der Waals surface area contributed by atoms with Crippen LogP contribution in [0.1, 0.15) is 29.2 Å². The summed E-state index contributed by atoms with van der Waals surface area (Å²) in [6.45, 7) is 6.60. The minimum absolute atomic E-state index is 0.202. The van der Waals surface area contributed by atoms with Crippen LogP contribution in [0.2, 0.25) is 5.02 Å². The van der Waals surface area contributed by atoms with Crippen molar-refractivity contribution in [2.75, 3.05) is 11.6 Å². The van der Waals surface area contributed by atoms with E-state index in [2.05, 4.69) is 6.58 Å². The number of rotatable bonds is 10. The van der Waals surface area contributed by atoms with Crippen LogP contribution in [0.15, 0.2) is 120 Å². The van der Waals surface area contributed by atoms with Crippen LogP contribution in [0.25, 0.3) is 6.08 Å². The summed E-state index contributed by atoms with van der Waals surface area (Å²) in [6.07, 6.45) is 4.24. The standard InChI is InChI=1S/C34H29ClN2O3/c1-3-13-26-20-24(22-31(39-4-2)33(26)40-23-27-16-11-12-19-30(27)35)21-29-32(25-14-7-5-8-15-25)36-37(34(29)38)28-17-9-6-10-18-28/h3,5-12,14-22H,1,4,13,23H2,2H3/b29-21-. The number of carbonyl (C=O) groups is 1. The SMILES string of the molecule is C=CCc1cc(/C=C2\C(=O)N(c3ccccc3)N=C2c2ccccc2)cc(OCC)c1OCc1ccccc1Cl. The molecular weight excluding hydrogens is 520 g/mol. The van der Waals surface area contributed by atoms with Crippen LogP contribution in [0, 0.1) is 0 Å². The second kappa shape index (κ2) is 12.5. The van der Waals surface area contributed by atoms with E-state index in [9.17, 15) is 4.79 Å². The predicted octanol–water partition coefficient (Wildman–Crippen LogP) is 7.88. The van der Waals surface area contributed by atoms with E-state index in [1.165, 1.54) is 5.01 Å². The van der Waals surface area contributed by atoms with Crippen LogP contribution in [0.3, 0.4) is 0 Å². The number of hydrogen-bond acceptors (Lipinski definition) is 4. The molecule has 200 valence electrons. The lowest BCUT2D eigenvalue weighted by atomic mass is 9.98. The summed E-state index contributed by atoms with van der Waals surface area (Å²) in [6, 6.07) is 30.6. The summed E-state index contributed by atoms with van der Waals surface area (Å²) >= 11 is 6.36. The van der Waals surface area contributed by atoms with Gasteiger partial charge in [0, 0.05) is 21.7 Å². The van der Waals surface area contributed by atoms with Gasteiger partial charge in [-0.05, 0) is 55.3 Å². The number of hydrogen-bond donors (Lipinski definition) is 0. The van der Waals surface area contributed by atoms with Crippen molar-refractivity contribution >= 4 is 35.0 Å². The van der Waals surface area contributed by atoms with Gasteiger partial charge in [0.2, 0.25) is 0 Å². The third-order valence-corrected chi connectivity index (χ3v) is 6.75. The molecule has 0 unspecified atom stereocenters. The summed E-state index contributed by atoms with van der Waals surface area (Å²) in [5.41, 5.74) is 5.23. The first-order valence-electron chi connectivity index (χ1n) is 13.1. The minimum Gasteiger partial charge on any atom is -0.490 e. The van der Waals surface area contributed by atoms with Crippen LogP contribution in [0.5, 0.6) is 11.5 Å². The van der Waals surface area contributed by atoms with Crippen molar-refractivity contribution in [2.24, 2.45) is 5.10 Å². The molecule has 5 nitrogen and oxygen atoms in total. The molecule has 0 saturated carbocycles. The van der Waals surface area contributed by atoms with Gasteiger partial charge >= 0.3 is 0 Å². The van der Waals surface area contributed by atoms with E-state index in [1.54, 1.807) is 0 Å². The maximum atomic E-state index is 13.7. The molecule has 4 aromatic carbocycles. The zero-order chi connectivity index (χ0) is 27.9. The molecule has 1 amide bonds. The third kappa shape index (κ3) is 5.85. The molecule has 0 atom stereocenters. The van der Waals surface area contributed by atoms with E-state index in [1.807, 2.05) is 116 Å². The highest BCUT2D eigenvalue weighted by atomic mass is 35.5. The van der Waals surface area contributed by atoms with Gasteiger partial charge in [0.1, 0.15) is 12.3 Å². The number of halogens is 1. The molecule has 0 radical (unpaired) electrons. The fraction of sp³-hybridized carbons (Fsp3) is 0.118. The highest BCUT2D eigenvalue weighted by molar-refractivity contribution is 6.37. The Hall–Kier alpha value is -4.61. The van der Waals surface area contributed by atoms with E-state index < -0.39 is 0 Å². The molecule has 0 aromatic heterocycles. The van der Waals surface area contributed by atoms with Crippen LogP contribution < -0.4 is 14.5 Å². The van der Waals surface area contributed by atoms with Gasteiger partial charge < -0.3 is 9.47 Å². The summed E-state index contributed by atoms with van der Waals surface area (Å²) in [7, 11) is 0. The number of allylic oxidation sites excluding steroid dienone is 1. The molecule has 40 heavy (non-hydrogen) atoms. The van der Waals surface area contributed by atoms with Crippen LogP contribution in [0.4, 0.5) is 5.69 Å². The maximum absolute atomic E-state index is 13.7. The van der Waals surface area contributed by atoms with Crippen molar-refractivity contribution in [3.8, 4) is 11.5 Å². The fourth-order valence-electron chi connectivity index (χ4n) is 4.53. The topological polar surface area (TPSA) is 51.1 Å². The lowest BCUT2D eigenvalue weighted by Crippen LogP contribution is -2.21. The Morgan fingerprint density at radius 3 is 2.30 bits per heavy atom. The maximum Gasteiger partial charge on any atom is 0.281 e. The largest absolute Gasteiger partial charge is 0.490 e. The number of carbonyl (C=O) groups excluding carboxylic acids is 1. The lowest BCUT2D eigenvalue weighted by molar-refractivity contribution is -0.114. The van der Waals surface area contributed by atoms with Gasteiger partial charge in [-0.1, -0.05) is 84.4 Å². The van der Waals surface area contributed by atoms with Crippen LogP contribution in [-0.2, 0) is 17.8 Å². The van der Waals surface area contributed by atoms with Crippen molar-refractivity contribution < 1.29 is 14.3 Å². The van der Waals surface area contributed by atoms with Crippen molar-refractivity contribution in [1.82, 2.24) is 0 Å². The summed E-state index contributed by atoms with van der Waals surface area (Å²) in [5, 5.41) is 6.83. The highest BCUT2D eigenvalue weighted by Gasteiger charge is 2.32. The number of benzene rings is 4. The Kier molecular flexibility index (Phi) is 8.43. The van der Waals surface area contributed by atoms with Crippen LogP contribution in [-0.4, -0.2) is 18.2 Å². The average Bonchev–Trinajstić information content (AvgIpc) is 3.30. The van der Waals surface area contributed by atoms with Crippen molar-refractivity contribution in [1.29, 1.82) is 0 Å². The second-order valence-electron chi connectivity index (χ2n) is 9.14. The molecule has 5 rings (SSSR count). The summed E-state index contributed by atoms with van der Waals surface area (Å²) in [4.78, 5) is 13.7. The zero-order valence-corrected chi connectivity index (χ0v) is 23.0. The molecular formula is C34H29ClN2O3. The number of anilines is 1. The second-order valence-corrected chi connectivity index (χ2v) is 9.55. The number of nitrogens with zero attached hydrogens (tertiary/aromatic N) is 2. The van der Waals surface area contributed by atoms with Crippen molar-refractivity contribution in [3.63, 3.8) is 0 Å². The number of para-hydroxylation sites is 1. The van der Waals surface area contributed by atoms with Gasteiger partial charge in [0.25, 0.3) is 5.91 Å². The number of ether oxygens (including phenoxy) is 2. The number of hydrazone groups is 1. The molecule has 0 spiro atoms. The molecule has 4 aromatic rings. The van der Waals surface area contributed by atoms with Crippen LogP contribution >= 0.6 is 11.6 Å². The van der Waals surface area contributed by atoms with Gasteiger partial charge in [-0.25, -0.2) is 0 Å². The Morgan fingerprint density at radius 1 is 0.900 bits per heavy atom. The molecule has 0 aliphatic carbocycles. The van der Waals surface area contributed by atoms with E-state index >= 15 is 0 Å². The Balaban J connectivity index is 1.57. The van der Waals surface area contributed by atoms with Crippen molar-refractivity contribution in [3.05, 3.63) is 143 Å². The fourth-order valence-corrected chi connectivity index (χ4v) is 4.72. The lowest BCUT2D eigenvalue weighted by Gasteiger charge is -2.17. The zero-order valence-electron chi connectivity index (χ0n) is 22.2. The van der Waals surface area contributed by atoms with E-state index in [0.29, 0.717) is 53.1 Å².